The molecule has 1 aromatic carbocycles. The Kier molecular flexibility index (Phi) is 11.0. The van der Waals surface area contributed by atoms with Gasteiger partial charge in [-0.2, -0.15) is 8.78 Å². The van der Waals surface area contributed by atoms with Crippen LogP contribution in [-0.2, 0) is 0 Å². The van der Waals surface area contributed by atoms with Gasteiger partial charge in [-0.3, -0.25) is 4.79 Å². The zero-order chi connectivity index (χ0) is 24.4. The van der Waals surface area contributed by atoms with Crippen LogP contribution in [-0.4, -0.2) is 11.7 Å². The third kappa shape index (κ3) is 7.89. The highest BCUT2D eigenvalue weighted by molar-refractivity contribution is 6.01. The molecule has 2 aliphatic carbocycles. The van der Waals surface area contributed by atoms with Crippen LogP contribution in [0.2, 0.25) is 0 Å². The first kappa shape index (κ1) is 27.3. The Labute approximate surface area is 207 Å². The lowest BCUT2D eigenvalue weighted by Crippen LogP contribution is -2.28. The summed E-state index contributed by atoms with van der Waals surface area (Å²) in [5.74, 6) is -0.994. The van der Waals surface area contributed by atoms with Crippen LogP contribution in [0.4, 0.5) is 8.78 Å². The number of carbonyl (C=O) groups is 1. The molecule has 34 heavy (non-hydrogen) atoms. The summed E-state index contributed by atoms with van der Waals surface area (Å²) in [6.07, 6.45) is 20.6. The number of hydrogen-bond donors (Lipinski definition) is 0. The van der Waals surface area contributed by atoms with Crippen molar-refractivity contribution < 1.29 is 13.6 Å². The van der Waals surface area contributed by atoms with E-state index in [9.17, 15) is 13.6 Å². The maximum Gasteiger partial charge on any atom is 0.309 e. The Hall–Kier alpha value is -1.25. The second kappa shape index (κ2) is 13.7. The van der Waals surface area contributed by atoms with Crippen LogP contribution in [0, 0.1) is 17.8 Å². The summed E-state index contributed by atoms with van der Waals surface area (Å²) in [4.78, 5) is 12.1. The van der Waals surface area contributed by atoms with Gasteiger partial charge in [0.15, 0.2) is 0 Å². The Bertz CT molecular complexity index is 709. The number of rotatable bonds is 13. The van der Waals surface area contributed by atoms with Crippen molar-refractivity contribution >= 4 is 5.78 Å². The van der Waals surface area contributed by atoms with E-state index < -0.39 is 11.7 Å². The van der Waals surface area contributed by atoms with E-state index in [0.717, 1.165) is 17.8 Å². The number of hydrogen-bond acceptors (Lipinski definition) is 1. The second-order valence-corrected chi connectivity index (χ2v) is 11.4. The Morgan fingerprint density at radius 1 is 0.765 bits per heavy atom. The largest absolute Gasteiger partial charge is 0.309 e. The summed E-state index contributed by atoms with van der Waals surface area (Å²) >= 11 is 0. The van der Waals surface area contributed by atoms with Crippen LogP contribution in [0.3, 0.4) is 0 Å². The number of carbonyl (C=O) groups excluding carboxylic acids is 1. The first-order chi connectivity index (χ1) is 16.4. The Morgan fingerprint density at radius 3 is 1.91 bits per heavy atom. The highest BCUT2D eigenvalue weighted by Gasteiger charge is 2.38. The molecule has 0 unspecified atom stereocenters. The molecule has 0 aromatic heterocycles. The molecule has 0 saturated heterocycles. The molecule has 0 bridgehead atoms. The molecule has 0 atom stereocenters. The molecule has 0 radical (unpaired) electrons. The second-order valence-electron chi connectivity index (χ2n) is 11.4. The summed E-state index contributed by atoms with van der Waals surface area (Å²) in [7, 11) is 0. The van der Waals surface area contributed by atoms with Crippen molar-refractivity contribution in [1.29, 1.82) is 0 Å². The van der Waals surface area contributed by atoms with Crippen LogP contribution < -0.4 is 0 Å². The molecule has 192 valence electrons. The molecule has 3 heteroatoms. The zero-order valence-corrected chi connectivity index (χ0v) is 21.8. The SMILES string of the molecule is CCCCCCCC[C@H]1CC[C@H](C2CCC(c3ccc(C(=O)C(F)(F)CCC)cc3)CC2)CC1. The maximum absolute atomic E-state index is 14.0. The average molecular weight is 475 g/mol. The van der Waals surface area contributed by atoms with Gasteiger partial charge < -0.3 is 0 Å². The van der Waals surface area contributed by atoms with Crippen LogP contribution >= 0.6 is 0 Å². The number of unbranched alkanes of at least 4 members (excludes halogenated alkanes) is 5. The predicted molar refractivity (Wildman–Crippen MR) is 139 cm³/mol. The van der Waals surface area contributed by atoms with Crippen molar-refractivity contribution in [3.8, 4) is 0 Å². The summed E-state index contributed by atoms with van der Waals surface area (Å²) < 4.78 is 27.9. The van der Waals surface area contributed by atoms with Gasteiger partial charge in [0.05, 0.1) is 0 Å². The smallest absolute Gasteiger partial charge is 0.287 e. The number of ketones is 1. The van der Waals surface area contributed by atoms with Crippen molar-refractivity contribution in [1.82, 2.24) is 0 Å². The standard InChI is InChI=1S/C31H48F2O/c1-3-5-6-7-8-9-10-24-11-13-25(14-12-24)26-15-17-27(18-16-26)28-19-21-29(22-20-28)30(34)31(32,33)23-4-2/h19-22,24-27H,3-18,23H2,1-2H3/t24-,25-,26?,27?. The van der Waals surface area contributed by atoms with Crippen LogP contribution in [0.1, 0.15) is 145 Å². The van der Waals surface area contributed by atoms with E-state index in [2.05, 4.69) is 6.92 Å². The maximum atomic E-state index is 14.0. The highest BCUT2D eigenvalue weighted by Crippen LogP contribution is 2.44. The molecule has 2 fully saturated rings. The molecule has 0 aliphatic heterocycles. The number of benzene rings is 1. The van der Waals surface area contributed by atoms with E-state index in [-0.39, 0.29) is 12.0 Å². The number of alkyl halides is 2. The van der Waals surface area contributed by atoms with Crippen LogP contribution in [0.25, 0.3) is 0 Å². The van der Waals surface area contributed by atoms with Crippen molar-refractivity contribution in [2.75, 3.05) is 0 Å². The van der Waals surface area contributed by atoms with E-state index in [4.69, 9.17) is 0 Å². The van der Waals surface area contributed by atoms with Crippen molar-refractivity contribution in [2.45, 2.75) is 135 Å². The van der Waals surface area contributed by atoms with Crippen molar-refractivity contribution in [2.24, 2.45) is 17.8 Å². The molecule has 3 rings (SSSR count). The fraction of sp³-hybridized carbons (Fsp3) is 0.774. The predicted octanol–water partition coefficient (Wildman–Crippen LogP) is 10.1. The molecule has 0 spiro atoms. The number of Topliss-reactive ketones (excluding diaryl/α,β-unsaturated/α-hetero) is 1. The fourth-order valence-electron chi connectivity index (χ4n) is 6.63. The minimum atomic E-state index is -3.25. The molecule has 0 heterocycles. The van der Waals surface area contributed by atoms with Gasteiger partial charge in [-0.1, -0.05) is 95.9 Å². The zero-order valence-electron chi connectivity index (χ0n) is 21.8. The van der Waals surface area contributed by atoms with Gasteiger partial charge in [0.1, 0.15) is 0 Å². The molecule has 1 aromatic rings. The van der Waals surface area contributed by atoms with Crippen LogP contribution in [0.15, 0.2) is 24.3 Å². The molecular formula is C31H48F2O. The van der Waals surface area contributed by atoms with Gasteiger partial charge >= 0.3 is 5.92 Å². The van der Waals surface area contributed by atoms with Crippen molar-refractivity contribution in [3.05, 3.63) is 35.4 Å². The summed E-state index contributed by atoms with van der Waals surface area (Å²) in [5.41, 5.74) is 1.37. The van der Waals surface area contributed by atoms with E-state index in [1.807, 2.05) is 12.1 Å². The van der Waals surface area contributed by atoms with Gasteiger partial charge in [-0.05, 0) is 74.2 Å². The summed E-state index contributed by atoms with van der Waals surface area (Å²) in [6, 6.07) is 7.10. The third-order valence-corrected chi connectivity index (χ3v) is 8.84. The van der Waals surface area contributed by atoms with Crippen LogP contribution in [0.5, 0.6) is 0 Å². The normalized spacial score (nSPS) is 25.9. The molecular weight excluding hydrogens is 426 g/mol. The lowest BCUT2D eigenvalue weighted by molar-refractivity contribution is 0.00453. The van der Waals surface area contributed by atoms with E-state index >= 15 is 0 Å². The van der Waals surface area contributed by atoms with Gasteiger partial charge in [-0.25, -0.2) is 0 Å². The van der Waals surface area contributed by atoms with Gasteiger partial charge in [0.2, 0.25) is 5.78 Å². The quantitative estimate of drug-likeness (QED) is 0.205. The topological polar surface area (TPSA) is 17.1 Å². The minimum Gasteiger partial charge on any atom is -0.287 e. The lowest BCUT2D eigenvalue weighted by atomic mass is 9.68. The van der Waals surface area contributed by atoms with Gasteiger partial charge in [-0.15, -0.1) is 0 Å². The Balaban J connectivity index is 1.37. The molecule has 1 nitrogen and oxygen atoms in total. The van der Waals surface area contributed by atoms with Gasteiger partial charge in [0, 0.05) is 12.0 Å². The van der Waals surface area contributed by atoms with E-state index in [1.54, 1.807) is 19.1 Å². The molecule has 0 N–H and O–H groups in total. The first-order valence-corrected chi connectivity index (χ1v) is 14.5. The third-order valence-electron chi connectivity index (χ3n) is 8.84. The van der Waals surface area contributed by atoms with E-state index in [0.29, 0.717) is 12.3 Å². The van der Waals surface area contributed by atoms with E-state index in [1.165, 1.54) is 102 Å². The summed E-state index contributed by atoms with van der Waals surface area (Å²) in [6.45, 7) is 3.97. The highest BCUT2D eigenvalue weighted by atomic mass is 19.3. The molecule has 0 amide bonds. The molecule has 2 aliphatic rings. The first-order valence-electron chi connectivity index (χ1n) is 14.5. The Morgan fingerprint density at radius 2 is 1.32 bits per heavy atom. The number of halogens is 2. The monoisotopic (exact) mass is 474 g/mol. The lowest BCUT2D eigenvalue weighted by Gasteiger charge is -2.38. The fourth-order valence-corrected chi connectivity index (χ4v) is 6.63. The average Bonchev–Trinajstić information content (AvgIpc) is 2.86. The summed E-state index contributed by atoms with van der Waals surface area (Å²) in [5, 5.41) is 0. The van der Waals surface area contributed by atoms with Gasteiger partial charge in [0.25, 0.3) is 0 Å². The molecule has 2 saturated carbocycles. The minimum absolute atomic E-state index is 0.147. The van der Waals surface area contributed by atoms with Crippen molar-refractivity contribution in [3.63, 3.8) is 0 Å².